The highest BCUT2D eigenvalue weighted by atomic mass is 16.3. The first kappa shape index (κ1) is 14.8. The minimum absolute atomic E-state index is 0.0907. The van der Waals surface area contributed by atoms with Crippen LogP contribution in [0.15, 0.2) is 41.0 Å². The number of aliphatic hydroxyl groups is 1. The molecule has 2 N–H and O–H groups in total. The summed E-state index contributed by atoms with van der Waals surface area (Å²) in [4.78, 5) is 16.3. The predicted octanol–water partition coefficient (Wildman–Crippen LogP) is 2.16. The first-order valence-electron chi connectivity index (χ1n) is 7.67. The molecule has 2 unspecified atom stereocenters. The highest BCUT2D eigenvalue weighted by Gasteiger charge is 2.25. The number of oxazole rings is 1. The van der Waals surface area contributed by atoms with Crippen LogP contribution in [0.2, 0.25) is 0 Å². The summed E-state index contributed by atoms with van der Waals surface area (Å²) in [5.74, 6) is 0.614. The molecule has 1 aliphatic rings. The van der Waals surface area contributed by atoms with Crippen LogP contribution in [0.25, 0.3) is 11.5 Å². The molecule has 2 aromatic rings. The van der Waals surface area contributed by atoms with Gasteiger partial charge in [0.1, 0.15) is 6.26 Å². The maximum absolute atomic E-state index is 11.9. The van der Waals surface area contributed by atoms with Crippen molar-refractivity contribution in [3.63, 3.8) is 0 Å². The molecular formula is C17H20N2O3. The van der Waals surface area contributed by atoms with E-state index < -0.39 is 0 Å². The molecule has 22 heavy (non-hydrogen) atoms. The third-order valence-corrected chi connectivity index (χ3v) is 4.09. The molecule has 1 aromatic carbocycles. The van der Waals surface area contributed by atoms with Crippen molar-refractivity contribution in [1.82, 2.24) is 10.3 Å². The van der Waals surface area contributed by atoms with Gasteiger partial charge in [-0.05, 0) is 25.0 Å². The van der Waals surface area contributed by atoms with Gasteiger partial charge in [-0.3, -0.25) is 4.79 Å². The van der Waals surface area contributed by atoms with Crippen LogP contribution in [0.5, 0.6) is 0 Å². The Morgan fingerprint density at radius 3 is 2.86 bits per heavy atom. The minimum atomic E-state index is -0.281. The number of nitrogens with one attached hydrogen (secondary N) is 1. The molecule has 1 heterocycles. The van der Waals surface area contributed by atoms with Gasteiger partial charge in [-0.2, -0.15) is 0 Å². The smallest absolute Gasteiger partial charge is 0.226 e. The van der Waals surface area contributed by atoms with Crippen LogP contribution >= 0.6 is 0 Å². The molecule has 0 bridgehead atoms. The Morgan fingerprint density at radius 2 is 2.14 bits per heavy atom. The SMILES string of the molecule is O=C(Cc1coc(-c2ccccc2)n1)NCC1CCCC1O. The van der Waals surface area contributed by atoms with Crippen molar-refractivity contribution < 1.29 is 14.3 Å². The van der Waals surface area contributed by atoms with Gasteiger partial charge in [0.05, 0.1) is 18.2 Å². The monoisotopic (exact) mass is 300 g/mol. The quantitative estimate of drug-likeness (QED) is 0.887. The Hall–Kier alpha value is -2.14. The average molecular weight is 300 g/mol. The Morgan fingerprint density at radius 1 is 1.32 bits per heavy atom. The van der Waals surface area contributed by atoms with E-state index in [1.165, 1.54) is 6.26 Å². The van der Waals surface area contributed by atoms with Crippen LogP contribution in [-0.2, 0) is 11.2 Å². The van der Waals surface area contributed by atoms with Crippen LogP contribution < -0.4 is 5.32 Å². The first-order chi connectivity index (χ1) is 10.7. The van der Waals surface area contributed by atoms with E-state index in [9.17, 15) is 9.90 Å². The summed E-state index contributed by atoms with van der Waals surface area (Å²) >= 11 is 0. The molecule has 2 atom stereocenters. The second-order valence-corrected chi connectivity index (χ2v) is 5.75. The molecule has 1 fully saturated rings. The number of rotatable bonds is 5. The molecule has 0 aliphatic heterocycles. The fraction of sp³-hybridized carbons (Fsp3) is 0.412. The third kappa shape index (κ3) is 3.54. The Bertz CT molecular complexity index is 624. The molecule has 0 saturated heterocycles. The van der Waals surface area contributed by atoms with Crippen LogP contribution in [0.3, 0.4) is 0 Å². The van der Waals surface area contributed by atoms with Crippen molar-refractivity contribution in [3.05, 3.63) is 42.3 Å². The lowest BCUT2D eigenvalue weighted by Crippen LogP contribution is -2.33. The fourth-order valence-corrected chi connectivity index (χ4v) is 2.83. The van der Waals surface area contributed by atoms with E-state index in [2.05, 4.69) is 10.3 Å². The van der Waals surface area contributed by atoms with E-state index >= 15 is 0 Å². The van der Waals surface area contributed by atoms with Gasteiger partial charge >= 0.3 is 0 Å². The Balaban J connectivity index is 1.53. The second-order valence-electron chi connectivity index (χ2n) is 5.75. The van der Waals surface area contributed by atoms with Crippen molar-refractivity contribution in [2.24, 2.45) is 5.92 Å². The van der Waals surface area contributed by atoms with Gasteiger partial charge in [0.2, 0.25) is 11.8 Å². The second kappa shape index (κ2) is 6.75. The molecule has 1 saturated carbocycles. The number of hydrogen-bond donors (Lipinski definition) is 2. The van der Waals surface area contributed by atoms with Crippen molar-refractivity contribution in [2.75, 3.05) is 6.54 Å². The summed E-state index contributed by atoms with van der Waals surface area (Å²) in [7, 11) is 0. The number of benzene rings is 1. The van der Waals surface area contributed by atoms with E-state index in [1.807, 2.05) is 30.3 Å². The maximum atomic E-state index is 11.9. The Labute approximate surface area is 129 Å². The van der Waals surface area contributed by atoms with Gasteiger partial charge in [-0.25, -0.2) is 4.98 Å². The highest BCUT2D eigenvalue weighted by molar-refractivity contribution is 5.78. The number of aromatic nitrogens is 1. The number of aliphatic hydroxyl groups excluding tert-OH is 1. The van der Waals surface area contributed by atoms with E-state index in [0.717, 1.165) is 24.8 Å². The number of nitrogens with zero attached hydrogens (tertiary/aromatic N) is 1. The standard InChI is InChI=1S/C17H20N2O3/c20-15-8-4-7-13(15)10-18-16(21)9-14-11-22-17(19-14)12-5-2-1-3-6-12/h1-3,5-6,11,13,15,20H,4,7-10H2,(H,18,21). The molecular weight excluding hydrogens is 280 g/mol. The van der Waals surface area contributed by atoms with Gasteiger partial charge in [0.15, 0.2) is 0 Å². The van der Waals surface area contributed by atoms with Crippen LogP contribution in [0, 0.1) is 5.92 Å². The van der Waals surface area contributed by atoms with Crippen LogP contribution in [0.1, 0.15) is 25.0 Å². The van der Waals surface area contributed by atoms with Gasteiger partial charge in [-0.15, -0.1) is 0 Å². The van der Waals surface area contributed by atoms with E-state index in [4.69, 9.17) is 4.42 Å². The van der Waals surface area contributed by atoms with E-state index in [0.29, 0.717) is 18.1 Å². The van der Waals surface area contributed by atoms with Gasteiger partial charge in [0, 0.05) is 18.0 Å². The number of carbonyl (C=O) groups is 1. The zero-order valence-electron chi connectivity index (χ0n) is 12.4. The summed E-state index contributed by atoms with van der Waals surface area (Å²) in [5, 5.41) is 12.6. The topological polar surface area (TPSA) is 75.4 Å². The molecule has 1 aliphatic carbocycles. The van der Waals surface area contributed by atoms with Gasteiger partial charge in [-0.1, -0.05) is 24.6 Å². The lowest BCUT2D eigenvalue weighted by atomic mass is 10.1. The summed E-state index contributed by atoms with van der Waals surface area (Å²) in [6, 6.07) is 9.59. The number of carbonyl (C=O) groups excluding carboxylic acids is 1. The lowest BCUT2D eigenvalue weighted by molar-refractivity contribution is -0.120. The van der Waals surface area contributed by atoms with Gasteiger partial charge < -0.3 is 14.8 Å². The average Bonchev–Trinajstić information content (AvgIpc) is 3.15. The number of amides is 1. The molecule has 1 amide bonds. The number of hydrogen-bond acceptors (Lipinski definition) is 4. The Kier molecular flexibility index (Phi) is 4.53. The van der Waals surface area contributed by atoms with Crippen molar-refractivity contribution >= 4 is 5.91 Å². The molecule has 0 radical (unpaired) electrons. The van der Waals surface area contributed by atoms with Gasteiger partial charge in [0.25, 0.3) is 0 Å². The summed E-state index contributed by atoms with van der Waals surface area (Å²) in [5.41, 5.74) is 1.51. The summed E-state index contributed by atoms with van der Waals surface area (Å²) in [6.45, 7) is 0.531. The fourth-order valence-electron chi connectivity index (χ4n) is 2.83. The molecule has 3 rings (SSSR count). The van der Waals surface area contributed by atoms with Crippen LogP contribution in [0.4, 0.5) is 0 Å². The summed E-state index contributed by atoms with van der Waals surface area (Å²) in [6.07, 6.45) is 4.28. The largest absolute Gasteiger partial charge is 0.444 e. The van der Waals surface area contributed by atoms with Crippen molar-refractivity contribution in [3.8, 4) is 11.5 Å². The van der Waals surface area contributed by atoms with Crippen molar-refractivity contribution in [1.29, 1.82) is 0 Å². The molecule has 5 nitrogen and oxygen atoms in total. The molecule has 116 valence electrons. The molecule has 0 spiro atoms. The zero-order chi connectivity index (χ0) is 15.4. The van der Waals surface area contributed by atoms with E-state index in [1.54, 1.807) is 0 Å². The normalized spacial score (nSPS) is 21.0. The lowest BCUT2D eigenvalue weighted by Gasteiger charge is -2.14. The highest BCUT2D eigenvalue weighted by Crippen LogP contribution is 2.24. The first-order valence-corrected chi connectivity index (χ1v) is 7.67. The molecule has 1 aromatic heterocycles. The van der Waals surface area contributed by atoms with Crippen LogP contribution in [-0.4, -0.2) is 28.6 Å². The zero-order valence-corrected chi connectivity index (χ0v) is 12.4. The third-order valence-electron chi connectivity index (χ3n) is 4.09. The predicted molar refractivity (Wildman–Crippen MR) is 82.0 cm³/mol. The van der Waals surface area contributed by atoms with E-state index in [-0.39, 0.29) is 24.3 Å². The minimum Gasteiger partial charge on any atom is -0.444 e. The van der Waals surface area contributed by atoms with Crippen molar-refractivity contribution in [2.45, 2.75) is 31.8 Å². The molecule has 5 heteroatoms. The summed E-state index contributed by atoms with van der Waals surface area (Å²) < 4.78 is 5.42. The maximum Gasteiger partial charge on any atom is 0.226 e.